The second kappa shape index (κ2) is 7.85. The molecule has 0 radical (unpaired) electrons. The molecule has 0 saturated carbocycles. The van der Waals surface area contributed by atoms with Crippen molar-refractivity contribution in [2.24, 2.45) is 0 Å². The predicted octanol–water partition coefficient (Wildman–Crippen LogP) is 4.44. The van der Waals surface area contributed by atoms with Gasteiger partial charge in [0.1, 0.15) is 18.0 Å². The average Bonchev–Trinajstić information content (AvgIpc) is 2.78. The maximum absolute atomic E-state index is 12.8. The minimum Gasteiger partial charge on any atom is -0.433 e. The Kier molecular flexibility index (Phi) is 6.04. The summed E-state index contributed by atoms with van der Waals surface area (Å²) in [5, 5.41) is 6.12. The van der Waals surface area contributed by atoms with Gasteiger partial charge in [-0.15, -0.1) is 0 Å². The molecule has 0 spiro atoms. The molecular weight excluding hydrogens is 410 g/mol. The Morgan fingerprint density at radius 1 is 1.32 bits per heavy atom. The number of anilines is 1. The van der Waals surface area contributed by atoms with Crippen LogP contribution < -0.4 is 10.1 Å². The highest BCUT2D eigenvalue weighted by molar-refractivity contribution is 9.10. The lowest BCUT2D eigenvalue weighted by molar-refractivity contribution is -0.117. The summed E-state index contributed by atoms with van der Waals surface area (Å²) in [6.07, 6.45) is -2.79. The summed E-state index contributed by atoms with van der Waals surface area (Å²) in [7, 11) is 0. The maximum atomic E-state index is 12.8. The van der Waals surface area contributed by atoms with Gasteiger partial charge in [0.2, 0.25) is 5.91 Å². The van der Waals surface area contributed by atoms with E-state index in [0.717, 1.165) is 10.2 Å². The molecular formula is C15H14BrF4N3O2. The van der Waals surface area contributed by atoms with Crippen LogP contribution >= 0.6 is 15.9 Å². The highest BCUT2D eigenvalue weighted by atomic mass is 79.9. The van der Waals surface area contributed by atoms with Gasteiger partial charge >= 0.3 is 6.61 Å². The van der Waals surface area contributed by atoms with Crippen molar-refractivity contribution in [2.45, 2.75) is 33.4 Å². The zero-order valence-corrected chi connectivity index (χ0v) is 14.8. The molecule has 0 bridgehead atoms. The number of carbonyl (C=O) groups excluding carboxylic acids is 1. The van der Waals surface area contributed by atoms with E-state index in [9.17, 15) is 22.4 Å². The van der Waals surface area contributed by atoms with Crippen molar-refractivity contribution in [3.63, 3.8) is 0 Å². The fraction of sp³-hybridized carbons (Fsp3) is 0.333. The van der Waals surface area contributed by atoms with Crippen LogP contribution in [0.2, 0.25) is 0 Å². The normalized spacial score (nSPS) is 11.2. The van der Waals surface area contributed by atoms with Crippen molar-refractivity contribution in [3.8, 4) is 5.75 Å². The molecule has 136 valence electrons. The number of amides is 1. The Balaban J connectivity index is 2.18. The van der Waals surface area contributed by atoms with E-state index in [1.54, 1.807) is 13.0 Å². The number of aromatic nitrogens is 2. The van der Waals surface area contributed by atoms with Crippen LogP contribution in [0.15, 0.2) is 22.7 Å². The predicted molar refractivity (Wildman–Crippen MR) is 86.1 cm³/mol. The van der Waals surface area contributed by atoms with Crippen molar-refractivity contribution >= 4 is 27.5 Å². The summed E-state index contributed by atoms with van der Waals surface area (Å²) in [6.45, 7) is -0.171. The number of benzene rings is 1. The largest absolute Gasteiger partial charge is 0.433 e. The van der Waals surface area contributed by atoms with Crippen molar-refractivity contribution in [1.82, 2.24) is 9.78 Å². The zero-order valence-electron chi connectivity index (χ0n) is 13.2. The highest BCUT2D eigenvalue weighted by Crippen LogP contribution is 2.30. The Morgan fingerprint density at radius 2 is 2.00 bits per heavy atom. The van der Waals surface area contributed by atoms with Gasteiger partial charge in [0.05, 0.1) is 15.9 Å². The van der Waals surface area contributed by atoms with E-state index < -0.39 is 24.6 Å². The molecule has 1 aromatic carbocycles. The Bertz CT molecular complexity index is 780. The highest BCUT2D eigenvalue weighted by Gasteiger charge is 2.21. The van der Waals surface area contributed by atoms with Crippen molar-refractivity contribution < 1.29 is 27.1 Å². The first-order valence-corrected chi connectivity index (χ1v) is 7.84. The lowest BCUT2D eigenvalue weighted by atomic mass is 10.2. The molecule has 0 saturated heterocycles. The first-order valence-electron chi connectivity index (χ1n) is 7.05. The smallest absolute Gasteiger partial charge is 0.387 e. The molecule has 1 N–H and O–H groups in total. The van der Waals surface area contributed by atoms with Crippen molar-refractivity contribution in [1.29, 1.82) is 0 Å². The number of ether oxygens (including phenoxy) is 1. The Labute approximate surface area is 149 Å². The van der Waals surface area contributed by atoms with E-state index in [0.29, 0.717) is 5.69 Å². The Hall–Kier alpha value is -2.10. The first kappa shape index (κ1) is 19.2. The third kappa shape index (κ3) is 4.71. The van der Waals surface area contributed by atoms with Gasteiger partial charge in [-0.25, -0.2) is 8.78 Å². The van der Waals surface area contributed by atoms with E-state index in [1.807, 2.05) is 0 Å². The molecule has 1 aromatic heterocycles. The molecule has 5 nitrogen and oxygen atoms in total. The standard InChI is InChI=1S/C15H14BrF4N3O2/c1-7-3-4-10(25-15(19)20)9(5-7)21-11(24)6-23-8(2)12(16)13(22-23)14(17)18/h3-5,14-15H,6H2,1-2H3,(H,21,24). The third-order valence-corrected chi connectivity index (χ3v) is 4.26. The number of aryl methyl sites for hydroxylation is 1. The quantitative estimate of drug-likeness (QED) is 0.698. The van der Waals surface area contributed by atoms with Crippen LogP contribution in [-0.2, 0) is 11.3 Å². The van der Waals surface area contributed by atoms with Gasteiger partial charge in [-0.1, -0.05) is 6.07 Å². The van der Waals surface area contributed by atoms with E-state index in [4.69, 9.17) is 0 Å². The summed E-state index contributed by atoms with van der Waals surface area (Å²) in [5.41, 5.74) is 0.652. The van der Waals surface area contributed by atoms with Crippen LogP contribution in [0.5, 0.6) is 5.75 Å². The number of alkyl halides is 4. The summed E-state index contributed by atoms with van der Waals surface area (Å²) >= 11 is 3.01. The van der Waals surface area contributed by atoms with Gasteiger partial charge < -0.3 is 10.1 Å². The molecule has 1 heterocycles. The van der Waals surface area contributed by atoms with E-state index in [-0.39, 0.29) is 22.5 Å². The SMILES string of the molecule is Cc1ccc(OC(F)F)c(NC(=O)Cn2nc(C(F)F)c(Br)c2C)c1. The number of halogens is 5. The lowest BCUT2D eigenvalue weighted by Gasteiger charge is -2.13. The molecule has 0 fully saturated rings. The molecule has 2 aromatic rings. The second-order valence-corrected chi connectivity index (χ2v) is 5.96. The topological polar surface area (TPSA) is 56.1 Å². The lowest BCUT2D eigenvalue weighted by Crippen LogP contribution is -2.21. The van der Waals surface area contributed by atoms with E-state index in [2.05, 4.69) is 31.1 Å². The summed E-state index contributed by atoms with van der Waals surface area (Å²) in [6, 6.07) is 4.32. The second-order valence-electron chi connectivity index (χ2n) is 5.17. The van der Waals surface area contributed by atoms with Gasteiger partial charge in [0, 0.05) is 0 Å². The number of hydrogen-bond acceptors (Lipinski definition) is 3. The van der Waals surface area contributed by atoms with Gasteiger partial charge in [0.25, 0.3) is 6.43 Å². The van der Waals surface area contributed by atoms with Crippen LogP contribution in [-0.4, -0.2) is 22.3 Å². The zero-order chi connectivity index (χ0) is 18.7. The number of carbonyl (C=O) groups is 1. The number of nitrogens with one attached hydrogen (secondary N) is 1. The van der Waals surface area contributed by atoms with Gasteiger partial charge in [0.15, 0.2) is 0 Å². The van der Waals surface area contributed by atoms with Crippen LogP contribution in [0.25, 0.3) is 0 Å². The maximum Gasteiger partial charge on any atom is 0.387 e. The fourth-order valence-corrected chi connectivity index (χ4v) is 2.56. The average molecular weight is 424 g/mol. The molecule has 25 heavy (non-hydrogen) atoms. The Morgan fingerprint density at radius 3 is 2.56 bits per heavy atom. The van der Waals surface area contributed by atoms with Crippen LogP contribution in [0.4, 0.5) is 23.2 Å². The molecule has 2 rings (SSSR count). The number of rotatable bonds is 6. The van der Waals surface area contributed by atoms with Crippen LogP contribution in [0.1, 0.15) is 23.4 Å². The summed E-state index contributed by atoms with van der Waals surface area (Å²) in [4.78, 5) is 12.2. The van der Waals surface area contributed by atoms with Crippen LogP contribution in [0, 0.1) is 13.8 Å². The van der Waals surface area contributed by atoms with E-state index in [1.165, 1.54) is 19.1 Å². The minimum absolute atomic E-state index is 0.0586. The van der Waals surface area contributed by atoms with Gasteiger partial charge in [-0.2, -0.15) is 13.9 Å². The van der Waals surface area contributed by atoms with Crippen molar-refractivity contribution in [3.05, 3.63) is 39.6 Å². The molecule has 0 unspecified atom stereocenters. The molecule has 1 amide bonds. The van der Waals surface area contributed by atoms with Gasteiger partial charge in [-0.3, -0.25) is 9.48 Å². The van der Waals surface area contributed by atoms with E-state index >= 15 is 0 Å². The third-order valence-electron chi connectivity index (χ3n) is 3.28. The number of hydrogen-bond donors (Lipinski definition) is 1. The van der Waals surface area contributed by atoms with Gasteiger partial charge in [-0.05, 0) is 47.5 Å². The molecule has 0 aliphatic heterocycles. The molecule has 0 aliphatic rings. The van der Waals surface area contributed by atoms with Crippen molar-refractivity contribution in [2.75, 3.05) is 5.32 Å². The number of nitrogens with zero attached hydrogens (tertiary/aromatic N) is 2. The fourth-order valence-electron chi connectivity index (χ4n) is 2.11. The summed E-state index contributed by atoms with van der Waals surface area (Å²) < 4.78 is 56.1. The minimum atomic E-state index is -3.05. The first-order chi connectivity index (χ1) is 11.7. The van der Waals surface area contributed by atoms with Crippen LogP contribution in [0.3, 0.4) is 0 Å². The molecule has 0 atom stereocenters. The molecule has 0 aliphatic carbocycles. The monoisotopic (exact) mass is 423 g/mol. The molecule has 10 heteroatoms. The summed E-state index contributed by atoms with van der Waals surface area (Å²) in [5.74, 6) is -0.816.